The molecule has 2 atom stereocenters. The number of halogens is 1. The Morgan fingerprint density at radius 1 is 1.56 bits per heavy atom. The molecular weight excluding hydrogens is 252 g/mol. The van der Waals surface area contributed by atoms with Crippen LogP contribution in [0, 0.1) is 5.92 Å². The topological polar surface area (TPSA) is 61.3 Å². The molecule has 0 aliphatic carbocycles. The third-order valence-corrected chi connectivity index (χ3v) is 3.76. The van der Waals surface area contributed by atoms with E-state index in [0.29, 0.717) is 5.15 Å². The van der Waals surface area contributed by atoms with Crippen LogP contribution in [0.2, 0.25) is 5.15 Å². The minimum Gasteiger partial charge on any atom is -0.393 e. The van der Waals surface area contributed by atoms with Crippen LogP contribution in [0.1, 0.15) is 19.8 Å². The fourth-order valence-electron chi connectivity index (χ4n) is 2.41. The van der Waals surface area contributed by atoms with Crippen LogP contribution < -0.4 is 10.2 Å². The van der Waals surface area contributed by atoms with Gasteiger partial charge in [0.2, 0.25) is 0 Å². The normalized spacial score (nSPS) is 21.8. The first kappa shape index (κ1) is 13.4. The molecule has 0 spiro atoms. The molecule has 18 heavy (non-hydrogen) atoms. The van der Waals surface area contributed by atoms with E-state index < -0.39 is 0 Å². The number of nitrogens with one attached hydrogen (secondary N) is 1. The number of anilines is 2. The molecule has 1 aliphatic heterocycles. The summed E-state index contributed by atoms with van der Waals surface area (Å²) >= 11 is 6.06. The number of hydrogen-bond acceptors (Lipinski definition) is 5. The molecule has 0 saturated carbocycles. The Morgan fingerprint density at radius 3 is 3.00 bits per heavy atom. The van der Waals surface area contributed by atoms with Gasteiger partial charge in [0.25, 0.3) is 0 Å². The summed E-state index contributed by atoms with van der Waals surface area (Å²) in [5.41, 5.74) is 0.755. The molecule has 2 unspecified atom stereocenters. The Morgan fingerprint density at radius 2 is 2.33 bits per heavy atom. The van der Waals surface area contributed by atoms with Crippen LogP contribution in [0.15, 0.2) is 6.33 Å². The van der Waals surface area contributed by atoms with Crippen molar-refractivity contribution in [2.75, 3.05) is 30.4 Å². The van der Waals surface area contributed by atoms with Gasteiger partial charge in [-0.05, 0) is 19.8 Å². The van der Waals surface area contributed by atoms with E-state index in [9.17, 15) is 5.11 Å². The number of piperidine rings is 1. The number of aliphatic hydroxyl groups is 1. The van der Waals surface area contributed by atoms with Crippen LogP contribution in [-0.2, 0) is 0 Å². The van der Waals surface area contributed by atoms with Gasteiger partial charge in [-0.15, -0.1) is 0 Å². The Hall–Kier alpha value is -1.07. The summed E-state index contributed by atoms with van der Waals surface area (Å²) in [5, 5.41) is 13.2. The van der Waals surface area contributed by atoms with E-state index in [4.69, 9.17) is 11.6 Å². The van der Waals surface area contributed by atoms with Crippen molar-refractivity contribution in [2.45, 2.75) is 25.9 Å². The van der Waals surface area contributed by atoms with Gasteiger partial charge in [-0.1, -0.05) is 11.6 Å². The fourth-order valence-corrected chi connectivity index (χ4v) is 2.63. The van der Waals surface area contributed by atoms with Gasteiger partial charge in [-0.3, -0.25) is 0 Å². The third kappa shape index (κ3) is 2.67. The molecule has 1 saturated heterocycles. The summed E-state index contributed by atoms with van der Waals surface area (Å²) in [5.74, 6) is 1.11. The third-order valence-electron chi connectivity index (χ3n) is 3.47. The Kier molecular flexibility index (Phi) is 4.24. The van der Waals surface area contributed by atoms with Gasteiger partial charge in [-0.2, -0.15) is 0 Å². The van der Waals surface area contributed by atoms with Crippen LogP contribution in [-0.4, -0.2) is 41.3 Å². The maximum absolute atomic E-state index is 9.72. The van der Waals surface area contributed by atoms with Crippen molar-refractivity contribution in [1.29, 1.82) is 0 Å². The zero-order chi connectivity index (χ0) is 13.1. The predicted molar refractivity (Wildman–Crippen MR) is 73.2 cm³/mol. The van der Waals surface area contributed by atoms with Gasteiger partial charge < -0.3 is 15.3 Å². The fraction of sp³-hybridized carbons (Fsp3) is 0.667. The van der Waals surface area contributed by atoms with Gasteiger partial charge in [0.15, 0.2) is 11.0 Å². The van der Waals surface area contributed by atoms with Crippen molar-refractivity contribution < 1.29 is 5.11 Å². The van der Waals surface area contributed by atoms with E-state index in [1.54, 1.807) is 0 Å². The van der Waals surface area contributed by atoms with Crippen molar-refractivity contribution in [1.82, 2.24) is 9.97 Å². The van der Waals surface area contributed by atoms with Gasteiger partial charge in [-0.25, -0.2) is 9.97 Å². The lowest BCUT2D eigenvalue weighted by atomic mass is 9.93. The van der Waals surface area contributed by atoms with E-state index in [1.807, 2.05) is 14.0 Å². The Labute approximate surface area is 112 Å². The number of aliphatic hydroxyl groups excluding tert-OH is 1. The van der Waals surface area contributed by atoms with E-state index >= 15 is 0 Å². The van der Waals surface area contributed by atoms with E-state index in [0.717, 1.165) is 37.4 Å². The Balaban J connectivity index is 2.23. The lowest BCUT2D eigenvalue weighted by Crippen LogP contribution is -2.40. The predicted octanol–water partition coefficient (Wildman–Crippen LogP) is 1.77. The monoisotopic (exact) mass is 270 g/mol. The molecule has 2 N–H and O–H groups in total. The second-order valence-electron chi connectivity index (χ2n) is 4.70. The maximum Gasteiger partial charge on any atom is 0.157 e. The van der Waals surface area contributed by atoms with Crippen LogP contribution in [0.5, 0.6) is 0 Å². The summed E-state index contributed by atoms with van der Waals surface area (Å²) in [4.78, 5) is 10.5. The quantitative estimate of drug-likeness (QED) is 0.820. The summed E-state index contributed by atoms with van der Waals surface area (Å²) in [6.45, 7) is 3.59. The molecule has 100 valence electrons. The second kappa shape index (κ2) is 5.71. The molecular formula is C12H19ClN4O. The molecule has 0 bridgehead atoms. The van der Waals surface area contributed by atoms with E-state index in [1.165, 1.54) is 6.33 Å². The number of rotatable bonds is 3. The SMILES string of the molecule is CNc1c(Cl)ncnc1N1CCCC(C(C)O)C1. The van der Waals surface area contributed by atoms with Gasteiger partial charge >= 0.3 is 0 Å². The standard InChI is InChI=1S/C12H19ClN4O/c1-8(18)9-4-3-5-17(6-9)12-10(14-2)11(13)15-7-16-12/h7-9,14,18H,3-6H2,1-2H3. The molecule has 1 fully saturated rings. The summed E-state index contributed by atoms with van der Waals surface area (Å²) < 4.78 is 0. The van der Waals surface area contributed by atoms with E-state index in [-0.39, 0.29) is 12.0 Å². The van der Waals surface area contributed by atoms with Crippen molar-refractivity contribution in [3.05, 3.63) is 11.5 Å². The summed E-state index contributed by atoms with van der Waals surface area (Å²) in [7, 11) is 1.81. The minimum atomic E-state index is -0.289. The molecule has 0 radical (unpaired) electrons. The maximum atomic E-state index is 9.72. The van der Waals surface area contributed by atoms with Crippen molar-refractivity contribution in [3.8, 4) is 0 Å². The zero-order valence-electron chi connectivity index (χ0n) is 10.7. The number of aromatic nitrogens is 2. The van der Waals surface area contributed by atoms with Crippen molar-refractivity contribution in [2.24, 2.45) is 5.92 Å². The molecule has 0 amide bonds. The molecule has 1 aliphatic rings. The first-order valence-electron chi connectivity index (χ1n) is 6.24. The first-order chi connectivity index (χ1) is 8.63. The van der Waals surface area contributed by atoms with Crippen LogP contribution in [0.4, 0.5) is 11.5 Å². The lowest BCUT2D eigenvalue weighted by Gasteiger charge is -2.35. The lowest BCUT2D eigenvalue weighted by molar-refractivity contribution is 0.115. The highest BCUT2D eigenvalue weighted by Gasteiger charge is 2.26. The Bertz CT molecular complexity index is 413. The number of hydrogen-bond donors (Lipinski definition) is 2. The van der Waals surface area contributed by atoms with E-state index in [2.05, 4.69) is 20.2 Å². The van der Waals surface area contributed by atoms with Gasteiger partial charge in [0.1, 0.15) is 12.0 Å². The smallest absolute Gasteiger partial charge is 0.157 e. The summed E-state index contributed by atoms with van der Waals surface area (Å²) in [6.07, 6.45) is 3.30. The van der Waals surface area contributed by atoms with Crippen LogP contribution in [0.25, 0.3) is 0 Å². The molecule has 2 heterocycles. The molecule has 2 rings (SSSR count). The van der Waals surface area contributed by atoms with Crippen molar-refractivity contribution in [3.63, 3.8) is 0 Å². The highest BCUT2D eigenvalue weighted by atomic mass is 35.5. The highest BCUT2D eigenvalue weighted by molar-refractivity contribution is 6.32. The number of nitrogens with zero attached hydrogens (tertiary/aromatic N) is 3. The molecule has 0 aromatic carbocycles. The zero-order valence-corrected chi connectivity index (χ0v) is 11.5. The minimum absolute atomic E-state index is 0.289. The molecule has 1 aromatic rings. The van der Waals surface area contributed by atoms with Gasteiger partial charge in [0, 0.05) is 26.1 Å². The molecule has 6 heteroatoms. The molecule has 1 aromatic heterocycles. The largest absolute Gasteiger partial charge is 0.393 e. The van der Waals surface area contributed by atoms with Crippen LogP contribution >= 0.6 is 11.6 Å². The molecule has 5 nitrogen and oxygen atoms in total. The van der Waals surface area contributed by atoms with Crippen molar-refractivity contribution >= 4 is 23.1 Å². The average Bonchev–Trinajstić information content (AvgIpc) is 2.38. The van der Waals surface area contributed by atoms with Gasteiger partial charge in [0.05, 0.1) is 6.10 Å². The highest BCUT2D eigenvalue weighted by Crippen LogP contribution is 2.32. The second-order valence-corrected chi connectivity index (χ2v) is 5.06. The summed E-state index contributed by atoms with van der Waals surface area (Å²) in [6, 6.07) is 0. The average molecular weight is 271 g/mol. The van der Waals surface area contributed by atoms with Crippen LogP contribution in [0.3, 0.4) is 0 Å². The first-order valence-corrected chi connectivity index (χ1v) is 6.62.